The summed E-state index contributed by atoms with van der Waals surface area (Å²) >= 11 is 0. The van der Waals surface area contributed by atoms with Crippen LogP contribution in [0.25, 0.3) is 0 Å². The van der Waals surface area contributed by atoms with Crippen LogP contribution in [0.2, 0.25) is 0 Å². The monoisotopic (exact) mass is 242 g/mol. The minimum atomic E-state index is 0. The molecule has 0 radical (unpaired) electrons. The summed E-state index contributed by atoms with van der Waals surface area (Å²) in [6.45, 7) is 4.19. The van der Waals surface area contributed by atoms with E-state index in [1.54, 1.807) is 7.11 Å². The third kappa shape index (κ3) is 3.19. The van der Waals surface area contributed by atoms with E-state index in [4.69, 9.17) is 4.74 Å². The highest BCUT2D eigenvalue weighted by Crippen LogP contribution is 2.20. The smallest absolute Gasteiger partial charge is 0.136 e. The Morgan fingerprint density at radius 3 is 2.38 bits per heavy atom. The van der Waals surface area contributed by atoms with E-state index in [2.05, 4.69) is 34.5 Å². The highest BCUT2D eigenvalue weighted by atomic mass is 35.5. The van der Waals surface area contributed by atoms with E-state index >= 15 is 0 Å². The van der Waals surface area contributed by atoms with Gasteiger partial charge < -0.3 is 10.1 Å². The zero-order chi connectivity index (χ0) is 10.5. The fourth-order valence-electron chi connectivity index (χ4n) is 2.03. The Morgan fingerprint density at radius 2 is 1.81 bits per heavy atom. The Morgan fingerprint density at radius 1 is 1.19 bits per heavy atom. The van der Waals surface area contributed by atoms with E-state index < -0.39 is 0 Å². The van der Waals surface area contributed by atoms with Crippen molar-refractivity contribution >= 4 is 12.4 Å². The van der Waals surface area contributed by atoms with Crippen molar-refractivity contribution in [1.82, 2.24) is 10.2 Å². The highest BCUT2D eigenvalue weighted by molar-refractivity contribution is 5.85. The van der Waals surface area contributed by atoms with Crippen molar-refractivity contribution < 1.29 is 4.74 Å². The number of hydrogen-bond acceptors (Lipinski definition) is 3. The molecular formula is C12H19ClN2O. The van der Waals surface area contributed by atoms with Gasteiger partial charge >= 0.3 is 0 Å². The van der Waals surface area contributed by atoms with Gasteiger partial charge in [0.25, 0.3) is 0 Å². The molecule has 1 aliphatic heterocycles. The van der Waals surface area contributed by atoms with Crippen LogP contribution in [0.4, 0.5) is 0 Å². The van der Waals surface area contributed by atoms with Crippen molar-refractivity contribution in [3.05, 3.63) is 35.9 Å². The van der Waals surface area contributed by atoms with Gasteiger partial charge in [0, 0.05) is 33.3 Å². The second-order valence-electron chi connectivity index (χ2n) is 3.78. The van der Waals surface area contributed by atoms with Crippen LogP contribution in [0.1, 0.15) is 11.8 Å². The number of ether oxygens (including phenoxy) is 1. The summed E-state index contributed by atoms with van der Waals surface area (Å²) in [7, 11) is 1.78. The third-order valence-electron chi connectivity index (χ3n) is 2.79. The second kappa shape index (κ2) is 6.86. The molecule has 0 amide bonds. The maximum Gasteiger partial charge on any atom is 0.136 e. The minimum Gasteiger partial charge on any atom is -0.362 e. The zero-order valence-electron chi connectivity index (χ0n) is 9.56. The number of rotatable bonds is 3. The molecule has 0 saturated carbocycles. The molecule has 1 saturated heterocycles. The quantitative estimate of drug-likeness (QED) is 0.873. The molecule has 16 heavy (non-hydrogen) atoms. The van der Waals surface area contributed by atoms with Gasteiger partial charge in [-0.15, -0.1) is 12.4 Å². The zero-order valence-corrected chi connectivity index (χ0v) is 10.4. The summed E-state index contributed by atoms with van der Waals surface area (Å²) in [6.07, 6.45) is 0.105. The normalized spacial score (nSPS) is 18.8. The van der Waals surface area contributed by atoms with Gasteiger partial charge in [-0.2, -0.15) is 0 Å². The van der Waals surface area contributed by atoms with Crippen molar-refractivity contribution in [2.75, 3.05) is 33.3 Å². The first-order valence-corrected chi connectivity index (χ1v) is 5.44. The van der Waals surface area contributed by atoms with E-state index in [0.717, 1.165) is 26.2 Å². The molecule has 4 heteroatoms. The molecule has 1 atom stereocenters. The molecule has 1 N–H and O–H groups in total. The van der Waals surface area contributed by atoms with Crippen LogP contribution < -0.4 is 5.32 Å². The minimum absolute atomic E-state index is 0. The topological polar surface area (TPSA) is 24.5 Å². The molecule has 1 aromatic carbocycles. The van der Waals surface area contributed by atoms with E-state index in [9.17, 15) is 0 Å². The molecule has 0 aromatic heterocycles. The lowest BCUT2D eigenvalue weighted by Gasteiger charge is -2.34. The summed E-state index contributed by atoms with van der Waals surface area (Å²) in [4.78, 5) is 2.37. The Bertz CT molecular complexity index is 288. The molecule has 1 heterocycles. The Labute approximate surface area is 103 Å². The first-order valence-electron chi connectivity index (χ1n) is 5.44. The van der Waals surface area contributed by atoms with Gasteiger partial charge in [0.1, 0.15) is 6.23 Å². The number of benzene rings is 1. The first kappa shape index (κ1) is 13.5. The van der Waals surface area contributed by atoms with Crippen LogP contribution in [0.3, 0.4) is 0 Å². The van der Waals surface area contributed by atoms with Crippen molar-refractivity contribution in [2.45, 2.75) is 6.23 Å². The Hall–Kier alpha value is -0.610. The molecule has 1 aromatic rings. The summed E-state index contributed by atoms with van der Waals surface area (Å²) in [6, 6.07) is 10.4. The summed E-state index contributed by atoms with van der Waals surface area (Å²) in [5, 5.41) is 3.35. The van der Waals surface area contributed by atoms with Gasteiger partial charge in [0.2, 0.25) is 0 Å². The van der Waals surface area contributed by atoms with E-state index in [-0.39, 0.29) is 18.6 Å². The average molecular weight is 243 g/mol. The fourth-order valence-corrected chi connectivity index (χ4v) is 2.03. The van der Waals surface area contributed by atoms with Gasteiger partial charge in [-0.25, -0.2) is 0 Å². The van der Waals surface area contributed by atoms with Gasteiger partial charge in [-0.05, 0) is 5.56 Å². The number of nitrogens with zero attached hydrogens (tertiary/aromatic N) is 1. The predicted molar refractivity (Wildman–Crippen MR) is 67.9 cm³/mol. The molecule has 90 valence electrons. The number of halogens is 1. The molecule has 1 fully saturated rings. The average Bonchev–Trinajstić information content (AvgIpc) is 2.33. The van der Waals surface area contributed by atoms with E-state index in [1.165, 1.54) is 5.56 Å². The molecule has 1 aliphatic rings. The summed E-state index contributed by atoms with van der Waals surface area (Å²) < 4.78 is 5.57. The number of methoxy groups -OCH3 is 1. The van der Waals surface area contributed by atoms with Gasteiger partial charge in [-0.3, -0.25) is 4.90 Å². The molecule has 2 rings (SSSR count). The van der Waals surface area contributed by atoms with Crippen LogP contribution in [0.5, 0.6) is 0 Å². The Balaban J connectivity index is 0.00000128. The second-order valence-corrected chi connectivity index (χ2v) is 3.78. The maximum absolute atomic E-state index is 5.57. The van der Waals surface area contributed by atoms with Crippen molar-refractivity contribution in [3.63, 3.8) is 0 Å². The number of nitrogens with one attached hydrogen (secondary N) is 1. The fraction of sp³-hybridized carbons (Fsp3) is 0.500. The predicted octanol–water partition coefficient (Wildman–Crippen LogP) is 1.66. The number of hydrogen-bond donors (Lipinski definition) is 1. The van der Waals surface area contributed by atoms with Crippen LogP contribution in [-0.2, 0) is 4.74 Å². The summed E-state index contributed by atoms with van der Waals surface area (Å²) in [5.74, 6) is 0. The lowest BCUT2D eigenvalue weighted by Crippen LogP contribution is -2.45. The van der Waals surface area contributed by atoms with Crippen molar-refractivity contribution in [1.29, 1.82) is 0 Å². The molecule has 1 unspecified atom stereocenters. The molecular weight excluding hydrogens is 224 g/mol. The van der Waals surface area contributed by atoms with Crippen LogP contribution in [0, 0.1) is 0 Å². The SMILES string of the molecule is COC(c1ccccc1)N1CCNCC1.Cl. The lowest BCUT2D eigenvalue weighted by atomic mass is 10.1. The van der Waals surface area contributed by atoms with Crippen molar-refractivity contribution in [3.8, 4) is 0 Å². The van der Waals surface area contributed by atoms with E-state index in [0.29, 0.717) is 0 Å². The van der Waals surface area contributed by atoms with Crippen LogP contribution in [-0.4, -0.2) is 38.2 Å². The highest BCUT2D eigenvalue weighted by Gasteiger charge is 2.20. The van der Waals surface area contributed by atoms with Crippen LogP contribution in [0.15, 0.2) is 30.3 Å². The molecule has 0 bridgehead atoms. The standard InChI is InChI=1S/C12H18N2O.ClH/c1-15-12(11-5-3-2-4-6-11)14-9-7-13-8-10-14;/h2-6,12-13H,7-10H2,1H3;1H. The largest absolute Gasteiger partial charge is 0.362 e. The van der Waals surface area contributed by atoms with Gasteiger partial charge in [0.15, 0.2) is 0 Å². The maximum atomic E-state index is 5.57. The Kier molecular flexibility index (Phi) is 5.77. The lowest BCUT2D eigenvalue weighted by molar-refractivity contribution is -0.0403. The number of piperazine rings is 1. The van der Waals surface area contributed by atoms with Gasteiger partial charge in [0.05, 0.1) is 0 Å². The third-order valence-corrected chi connectivity index (χ3v) is 2.79. The molecule has 3 nitrogen and oxygen atoms in total. The molecule has 0 aliphatic carbocycles. The van der Waals surface area contributed by atoms with Gasteiger partial charge in [-0.1, -0.05) is 30.3 Å². The first-order chi connectivity index (χ1) is 7.42. The molecule has 0 spiro atoms. The van der Waals surface area contributed by atoms with E-state index in [1.807, 2.05) is 6.07 Å². The summed E-state index contributed by atoms with van der Waals surface area (Å²) in [5.41, 5.74) is 1.24. The van der Waals surface area contributed by atoms with Crippen LogP contribution >= 0.6 is 12.4 Å². The van der Waals surface area contributed by atoms with Crippen molar-refractivity contribution in [2.24, 2.45) is 0 Å².